The highest BCUT2D eigenvalue weighted by Gasteiger charge is 2.21. The van der Waals surface area contributed by atoms with E-state index in [1.807, 2.05) is 0 Å². The smallest absolute Gasteiger partial charge is 0.235 e. The topological polar surface area (TPSA) is 87.7 Å². The fourth-order valence-corrected chi connectivity index (χ4v) is 1.22. The first-order valence-corrected chi connectivity index (χ1v) is 5.11. The first-order valence-electron chi connectivity index (χ1n) is 5.11. The van der Waals surface area contributed by atoms with Crippen LogP contribution in [-0.2, 0) is 4.79 Å². The second kappa shape index (κ2) is 5.44. The molecule has 1 aromatic carbocycles. The van der Waals surface area contributed by atoms with Crippen molar-refractivity contribution in [2.24, 2.45) is 16.8 Å². The minimum Gasteiger partial charge on any atom is -0.409 e. The number of carbonyl (C=O) groups is 1. The number of aryl methyl sites for hydroxylation is 1. The number of carbonyl (C=O) groups excluding carboxylic acids is 1. The number of amidine groups is 1. The monoisotopic (exact) mass is 257 g/mol. The Bertz CT molecular complexity index is 503. The third-order valence-electron chi connectivity index (χ3n) is 2.48. The van der Waals surface area contributed by atoms with Crippen molar-refractivity contribution in [2.45, 2.75) is 13.8 Å². The van der Waals surface area contributed by atoms with Crippen LogP contribution in [-0.4, -0.2) is 17.0 Å². The third kappa shape index (κ3) is 2.73. The lowest BCUT2D eigenvalue weighted by atomic mass is 10.1. The maximum atomic E-state index is 13.6. The Labute approximate surface area is 102 Å². The number of amides is 1. The van der Waals surface area contributed by atoms with E-state index in [9.17, 15) is 13.6 Å². The number of rotatable bonds is 3. The number of hydrogen-bond donors (Lipinski definition) is 3. The Balaban J connectivity index is 2.99. The first kappa shape index (κ1) is 13.9. The molecule has 98 valence electrons. The molecule has 1 atom stereocenters. The number of halogens is 2. The van der Waals surface area contributed by atoms with Crippen LogP contribution in [0.3, 0.4) is 0 Å². The second-order valence-corrected chi connectivity index (χ2v) is 3.79. The summed E-state index contributed by atoms with van der Waals surface area (Å²) in [5, 5.41) is 13.1. The molecule has 0 heterocycles. The van der Waals surface area contributed by atoms with Gasteiger partial charge < -0.3 is 16.3 Å². The molecule has 0 aliphatic carbocycles. The molecule has 0 aliphatic heterocycles. The van der Waals surface area contributed by atoms with Gasteiger partial charge in [-0.2, -0.15) is 0 Å². The number of oxime groups is 1. The molecule has 1 aromatic rings. The van der Waals surface area contributed by atoms with Gasteiger partial charge in [0.1, 0.15) is 11.5 Å². The van der Waals surface area contributed by atoms with Crippen molar-refractivity contribution in [3.63, 3.8) is 0 Å². The van der Waals surface area contributed by atoms with E-state index in [1.54, 1.807) is 0 Å². The van der Waals surface area contributed by atoms with Crippen LogP contribution < -0.4 is 11.1 Å². The van der Waals surface area contributed by atoms with Gasteiger partial charge in [0.15, 0.2) is 11.7 Å². The largest absolute Gasteiger partial charge is 0.409 e. The molecule has 7 heteroatoms. The van der Waals surface area contributed by atoms with Crippen LogP contribution in [0.15, 0.2) is 17.3 Å². The molecule has 1 rings (SSSR count). The maximum Gasteiger partial charge on any atom is 0.235 e. The summed E-state index contributed by atoms with van der Waals surface area (Å²) >= 11 is 0. The molecular formula is C11H13F2N3O2. The lowest BCUT2D eigenvalue weighted by Crippen LogP contribution is -2.33. The predicted octanol–water partition coefficient (Wildman–Crippen LogP) is 1.59. The molecule has 18 heavy (non-hydrogen) atoms. The molecule has 5 nitrogen and oxygen atoms in total. The van der Waals surface area contributed by atoms with Crippen LogP contribution in [0.4, 0.5) is 14.5 Å². The molecule has 0 spiro atoms. The maximum absolute atomic E-state index is 13.6. The molecular weight excluding hydrogens is 244 g/mol. The summed E-state index contributed by atoms with van der Waals surface area (Å²) in [5.74, 6) is -3.86. The minimum atomic E-state index is -1.01. The van der Waals surface area contributed by atoms with E-state index in [2.05, 4.69) is 10.5 Å². The van der Waals surface area contributed by atoms with Gasteiger partial charge in [0.25, 0.3) is 0 Å². The Hall–Kier alpha value is -2.18. The van der Waals surface area contributed by atoms with Crippen molar-refractivity contribution < 1.29 is 18.8 Å². The fraction of sp³-hybridized carbons (Fsp3) is 0.273. The normalized spacial score (nSPS) is 13.2. The molecule has 0 fully saturated rings. The summed E-state index contributed by atoms with van der Waals surface area (Å²) in [4.78, 5) is 11.6. The highest BCUT2D eigenvalue weighted by molar-refractivity contribution is 6.07. The molecule has 1 unspecified atom stereocenters. The van der Waals surface area contributed by atoms with E-state index < -0.39 is 29.1 Å². The summed E-state index contributed by atoms with van der Waals surface area (Å²) < 4.78 is 27.0. The number of nitrogens with two attached hydrogens (primary N) is 1. The fourth-order valence-electron chi connectivity index (χ4n) is 1.22. The third-order valence-corrected chi connectivity index (χ3v) is 2.48. The van der Waals surface area contributed by atoms with Gasteiger partial charge >= 0.3 is 0 Å². The van der Waals surface area contributed by atoms with Crippen molar-refractivity contribution >= 4 is 17.4 Å². The Morgan fingerprint density at radius 1 is 1.50 bits per heavy atom. The molecule has 0 bridgehead atoms. The van der Waals surface area contributed by atoms with Gasteiger partial charge in [-0.3, -0.25) is 4.79 Å². The Morgan fingerprint density at radius 2 is 2.11 bits per heavy atom. The number of hydrogen-bond acceptors (Lipinski definition) is 3. The molecule has 4 N–H and O–H groups in total. The van der Waals surface area contributed by atoms with Crippen molar-refractivity contribution in [1.29, 1.82) is 0 Å². The summed E-state index contributed by atoms with van der Waals surface area (Å²) in [5.41, 5.74) is 4.88. The molecule has 0 aromatic heterocycles. The van der Waals surface area contributed by atoms with Gasteiger partial charge in [0.2, 0.25) is 5.91 Å². The molecule has 1 amide bonds. The van der Waals surface area contributed by atoms with Crippen LogP contribution in [0, 0.1) is 24.5 Å². The lowest BCUT2D eigenvalue weighted by molar-refractivity contribution is -0.117. The standard InChI is InChI=1S/C11H13F2N3O2/c1-5-3-4-7(12)9(8(5)13)15-11(17)6(2)10(14)16-18/h3-4,6,18H,1-2H3,(H2,14,16)(H,15,17). The highest BCUT2D eigenvalue weighted by atomic mass is 19.1. The SMILES string of the molecule is Cc1ccc(F)c(NC(=O)C(C)/C(N)=N/O)c1F. The highest BCUT2D eigenvalue weighted by Crippen LogP contribution is 2.22. The molecule has 0 saturated carbocycles. The van der Waals surface area contributed by atoms with E-state index in [0.29, 0.717) is 0 Å². The summed E-state index contributed by atoms with van der Waals surface area (Å²) in [6.07, 6.45) is 0. The van der Waals surface area contributed by atoms with E-state index in [-0.39, 0.29) is 11.4 Å². The van der Waals surface area contributed by atoms with Gasteiger partial charge in [-0.1, -0.05) is 11.2 Å². The quantitative estimate of drug-likeness (QED) is 0.332. The van der Waals surface area contributed by atoms with Crippen LogP contribution in [0.5, 0.6) is 0 Å². The minimum absolute atomic E-state index is 0.197. The zero-order valence-corrected chi connectivity index (χ0v) is 9.87. The molecule has 0 saturated heterocycles. The summed E-state index contributed by atoms with van der Waals surface area (Å²) in [7, 11) is 0. The van der Waals surface area contributed by atoms with Crippen LogP contribution in [0.1, 0.15) is 12.5 Å². The van der Waals surface area contributed by atoms with E-state index in [0.717, 1.165) is 6.07 Å². The Morgan fingerprint density at radius 3 is 2.67 bits per heavy atom. The van der Waals surface area contributed by atoms with Crippen LogP contribution >= 0.6 is 0 Å². The number of nitrogens with one attached hydrogen (secondary N) is 1. The summed E-state index contributed by atoms with van der Waals surface area (Å²) in [6.45, 7) is 2.79. The average molecular weight is 257 g/mol. The summed E-state index contributed by atoms with van der Waals surface area (Å²) in [6, 6.07) is 2.30. The van der Waals surface area contributed by atoms with Crippen LogP contribution in [0.25, 0.3) is 0 Å². The average Bonchev–Trinajstić information content (AvgIpc) is 2.37. The lowest BCUT2D eigenvalue weighted by Gasteiger charge is -2.12. The van der Waals surface area contributed by atoms with Gasteiger partial charge in [0.05, 0.1) is 5.92 Å². The van der Waals surface area contributed by atoms with E-state index >= 15 is 0 Å². The van der Waals surface area contributed by atoms with Crippen molar-refractivity contribution in [3.8, 4) is 0 Å². The van der Waals surface area contributed by atoms with Gasteiger partial charge in [-0.25, -0.2) is 8.78 Å². The van der Waals surface area contributed by atoms with E-state index in [4.69, 9.17) is 10.9 Å². The van der Waals surface area contributed by atoms with Gasteiger partial charge in [-0.05, 0) is 25.5 Å². The number of nitrogens with zero attached hydrogens (tertiary/aromatic N) is 1. The molecule has 0 aliphatic rings. The van der Waals surface area contributed by atoms with Crippen LogP contribution in [0.2, 0.25) is 0 Å². The Kier molecular flexibility index (Phi) is 4.19. The first-order chi connectivity index (χ1) is 8.38. The molecule has 0 radical (unpaired) electrons. The van der Waals surface area contributed by atoms with Crippen molar-refractivity contribution in [1.82, 2.24) is 0 Å². The number of benzene rings is 1. The van der Waals surface area contributed by atoms with E-state index in [1.165, 1.54) is 19.9 Å². The van der Waals surface area contributed by atoms with Gasteiger partial charge in [-0.15, -0.1) is 0 Å². The number of anilines is 1. The van der Waals surface area contributed by atoms with Crippen molar-refractivity contribution in [2.75, 3.05) is 5.32 Å². The van der Waals surface area contributed by atoms with Crippen molar-refractivity contribution in [3.05, 3.63) is 29.3 Å². The van der Waals surface area contributed by atoms with Gasteiger partial charge in [0, 0.05) is 0 Å². The zero-order valence-electron chi connectivity index (χ0n) is 9.87. The zero-order chi connectivity index (χ0) is 13.9. The second-order valence-electron chi connectivity index (χ2n) is 3.79. The predicted molar refractivity (Wildman–Crippen MR) is 62.3 cm³/mol.